The fourth-order valence-electron chi connectivity index (χ4n) is 3.24. The van der Waals surface area contributed by atoms with Crippen molar-refractivity contribution in [1.29, 1.82) is 0 Å². The van der Waals surface area contributed by atoms with E-state index in [2.05, 4.69) is 10.6 Å². The molecule has 1 heterocycles. The molecule has 1 aliphatic rings. The quantitative estimate of drug-likeness (QED) is 0.483. The van der Waals surface area contributed by atoms with E-state index in [0.717, 1.165) is 10.3 Å². The highest BCUT2D eigenvalue weighted by molar-refractivity contribution is 7.80. The van der Waals surface area contributed by atoms with E-state index in [1.54, 1.807) is 36.4 Å². The van der Waals surface area contributed by atoms with Crippen molar-refractivity contribution in [2.45, 2.75) is 0 Å². The molecule has 0 fully saturated rings. The maximum absolute atomic E-state index is 12.7. The SMILES string of the molecule is CN1C(=O)c2ccc(NC(=S)NC(=O)c3cccc4c(Cl)cccc34)cc2C1=O. The average Bonchev–Trinajstić information content (AvgIpc) is 2.91. The lowest BCUT2D eigenvalue weighted by molar-refractivity contribution is 0.0692. The first-order valence-corrected chi connectivity index (χ1v) is 9.41. The molecule has 8 heteroatoms. The Hall–Kier alpha value is -3.29. The number of halogens is 1. The summed E-state index contributed by atoms with van der Waals surface area (Å²) in [6.45, 7) is 0. The zero-order valence-corrected chi connectivity index (χ0v) is 16.7. The first kappa shape index (κ1) is 19.0. The Kier molecular flexibility index (Phi) is 4.77. The van der Waals surface area contributed by atoms with E-state index < -0.39 is 0 Å². The van der Waals surface area contributed by atoms with Gasteiger partial charge in [-0.2, -0.15) is 0 Å². The van der Waals surface area contributed by atoms with Crippen LogP contribution in [0.15, 0.2) is 54.6 Å². The maximum Gasteiger partial charge on any atom is 0.261 e. The minimum Gasteiger partial charge on any atom is -0.332 e. The van der Waals surface area contributed by atoms with Gasteiger partial charge < -0.3 is 5.32 Å². The van der Waals surface area contributed by atoms with Gasteiger partial charge in [-0.15, -0.1) is 0 Å². The molecule has 0 unspecified atom stereocenters. The van der Waals surface area contributed by atoms with Gasteiger partial charge in [0.1, 0.15) is 0 Å². The minimum atomic E-state index is -0.387. The van der Waals surface area contributed by atoms with E-state index in [9.17, 15) is 14.4 Å². The van der Waals surface area contributed by atoms with E-state index in [1.165, 1.54) is 13.1 Å². The lowest BCUT2D eigenvalue weighted by Gasteiger charge is -2.12. The monoisotopic (exact) mass is 423 g/mol. The molecule has 0 saturated carbocycles. The van der Waals surface area contributed by atoms with Gasteiger partial charge >= 0.3 is 0 Å². The number of rotatable bonds is 2. The average molecular weight is 424 g/mol. The summed E-state index contributed by atoms with van der Waals surface area (Å²) in [5.74, 6) is -1.11. The van der Waals surface area contributed by atoms with Crippen molar-refractivity contribution in [3.63, 3.8) is 0 Å². The molecule has 0 atom stereocenters. The zero-order valence-electron chi connectivity index (χ0n) is 15.2. The van der Waals surface area contributed by atoms with Gasteiger partial charge in [-0.25, -0.2) is 0 Å². The van der Waals surface area contributed by atoms with Crippen LogP contribution in [0, 0.1) is 0 Å². The van der Waals surface area contributed by atoms with Crippen LogP contribution in [0.5, 0.6) is 0 Å². The van der Waals surface area contributed by atoms with Crippen LogP contribution in [-0.2, 0) is 0 Å². The number of amides is 3. The van der Waals surface area contributed by atoms with E-state index in [4.69, 9.17) is 23.8 Å². The molecule has 0 aromatic heterocycles. The number of nitrogens with zero attached hydrogens (tertiary/aromatic N) is 1. The van der Waals surface area contributed by atoms with E-state index in [1.807, 2.05) is 12.1 Å². The first-order valence-electron chi connectivity index (χ1n) is 8.63. The topological polar surface area (TPSA) is 78.5 Å². The van der Waals surface area contributed by atoms with E-state index in [0.29, 0.717) is 32.8 Å². The summed E-state index contributed by atoms with van der Waals surface area (Å²) in [5.41, 5.74) is 1.56. The van der Waals surface area contributed by atoms with Gasteiger partial charge in [0.05, 0.1) is 11.1 Å². The number of carbonyl (C=O) groups is 3. The third-order valence-electron chi connectivity index (χ3n) is 4.69. The third kappa shape index (κ3) is 3.35. The second-order valence-electron chi connectivity index (χ2n) is 6.48. The predicted molar refractivity (Wildman–Crippen MR) is 116 cm³/mol. The number of thiocarbonyl (C=S) groups is 1. The highest BCUT2D eigenvalue weighted by Crippen LogP contribution is 2.26. The Morgan fingerprint density at radius 2 is 1.66 bits per heavy atom. The number of hydrogen-bond donors (Lipinski definition) is 2. The van der Waals surface area contributed by atoms with E-state index in [-0.39, 0.29) is 22.8 Å². The third-order valence-corrected chi connectivity index (χ3v) is 5.22. The fourth-order valence-corrected chi connectivity index (χ4v) is 3.69. The molecule has 2 N–H and O–H groups in total. The van der Waals surface area contributed by atoms with Gasteiger partial charge in [0, 0.05) is 28.7 Å². The van der Waals surface area contributed by atoms with Crippen molar-refractivity contribution in [2.75, 3.05) is 12.4 Å². The summed E-state index contributed by atoms with van der Waals surface area (Å²) in [5, 5.41) is 7.61. The second-order valence-corrected chi connectivity index (χ2v) is 7.29. The van der Waals surface area contributed by atoms with Crippen molar-refractivity contribution in [2.24, 2.45) is 0 Å². The van der Waals surface area contributed by atoms with Crippen LogP contribution in [-0.4, -0.2) is 34.8 Å². The maximum atomic E-state index is 12.7. The molecule has 29 heavy (non-hydrogen) atoms. The Morgan fingerprint density at radius 1 is 0.966 bits per heavy atom. The molecular weight excluding hydrogens is 410 g/mol. The molecule has 0 saturated heterocycles. The van der Waals surface area contributed by atoms with Crippen LogP contribution in [0.1, 0.15) is 31.1 Å². The zero-order chi connectivity index (χ0) is 20.7. The lowest BCUT2D eigenvalue weighted by atomic mass is 10.0. The van der Waals surface area contributed by atoms with Crippen LogP contribution >= 0.6 is 23.8 Å². The Labute approximate surface area is 176 Å². The number of nitrogens with one attached hydrogen (secondary N) is 2. The summed E-state index contributed by atoms with van der Waals surface area (Å²) in [7, 11) is 1.43. The van der Waals surface area contributed by atoms with Crippen LogP contribution in [0.4, 0.5) is 5.69 Å². The number of anilines is 1. The van der Waals surface area contributed by atoms with Crippen LogP contribution < -0.4 is 10.6 Å². The van der Waals surface area contributed by atoms with Gasteiger partial charge in [0.2, 0.25) is 0 Å². The van der Waals surface area contributed by atoms with Crippen molar-refractivity contribution in [1.82, 2.24) is 10.2 Å². The Morgan fingerprint density at radius 3 is 2.45 bits per heavy atom. The minimum absolute atomic E-state index is 0.0686. The predicted octanol–water partition coefficient (Wildman–Crippen LogP) is 3.85. The molecule has 0 spiro atoms. The molecule has 0 bridgehead atoms. The molecule has 4 rings (SSSR count). The molecule has 1 aliphatic heterocycles. The van der Waals surface area contributed by atoms with Gasteiger partial charge in [-0.3, -0.25) is 24.6 Å². The second kappa shape index (κ2) is 7.27. The molecule has 3 aromatic carbocycles. The molecule has 6 nitrogen and oxygen atoms in total. The number of carbonyl (C=O) groups excluding carboxylic acids is 3. The Bertz CT molecular complexity index is 1230. The van der Waals surface area contributed by atoms with Gasteiger partial charge in [-0.05, 0) is 47.9 Å². The van der Waals surface area contributed by atoms with Crippen LogP contribution in [0.3, 0.4) is 0 Å². The van der Waals surface area contributed by atoms with Gasteiger partial charge in [0.25, 0.3) is 17.7 Å². The summed E-state index contributed by atoms with van der Waals surface area (Å²) < 4.78 is 0. The lowest BCUT2D eigenvalue weighted by Crippen LogP contribution is -2.34. The smallest absolute Gasteiger partial charge is 0.261 e. The normalized spacial score (nSPS) is 12.8. The fraction of sp³-hybridized carbons (Fsp3) is 0.0476. The molecular formula is C21H14ClN3O3S. The first-order chi connectivity index (χ1) is 13.9. The van der Waals surface area contributed by atoms with Crippen molar-refractivity contribution < 1.29 is 14.4 Å². The summed E-state index contributed by atoms with van der Waals surface area (Å²) in [6.07, 6.45) is 0. The van der Waals surface area contributed by atoms with Crippen molar-refractivity contribution >= 4 is 63.1 Å². The molecule has 3 amide bonds. The number of benzene rings is 3. The number of imide groups is 1. The summed E-state index contributed by atoms with van der Waals surface area (Å²) in [4.78, 5) is 37.9. The van der Waals surface area contributed by atoms with Crippen molar-refractivity contribution in [3.05, 3.63) is 76.3 Å². The van der Waals surface area contributed by atoms with Gasteiger partial charge in [0.15, 0.2) is 5.11 Å². The Balaban J connectivity index is 1.53. The summed E-state index contributed by atoms with van der Waals surface area (Å²) >= 11 is 11.4. The molecule has 0 radical (unpaired) electrons. The highest BCUT2D eigenvalue weighted by Gasteiger charge is 2.32. The van der Waals surface area contributed by atoms with Crippen LogP contribution in [0.25, 0.3) is 10.8 Å². The molecule has 3 aromatic rings. The van der Waals surface area contributed by atoms with Gasteiger partial charge in [-0.1, -0.05) is 35.9 Å². The standard InChI is InChI=1S/C21H14ClN3O3S/c1-25-19(27)15-9-8-11(10-16(15)20(25)28)23-21(29)24-18(26)14-6-2-5-13-12(14)4-3-7-17(13)22/h2-10H,1H3,(H2,23,24,26,29). The number of hydrogen-bond acceptors (Lipinski definition) is 4. The molecule has 144 valence electrons. The number of fused-ring (bicyclic) bond motifs is 2. The summed E-state index contributed by atoms with van der Waals surface area (Å²) in [6, 6.07) is 15.3. The van der Waals surface area contributed by atoms with Crippen molar-refractivity contribution in [3.8, 4) is 0 Å². The van der Waals surface area contributed by atoms with E-state index >= 15 is 0 Å². The largest absolute Gasteiger partial charge is 0.332 e. The molecule has 0 aliphatic carbocycles. The van der Waals surface area contributed by atoms with Crippen LogP contribution in [0.2, 0.25) is 5.02 Å². The highest BCUT2D eigenvalue weighted by atomic mass is 35.5.